The maximum Gasteiger partial charge on any atom is 0.192 e. The molecule has 3 nitrogen and oxygen atoms in total. The van der Waals surface area contributed by atoms with Gasteiger partial charge in [-0.2, -0.15) is 0 Å². The first-order chi connectivity index (χ1) is 10.6. The zero-order chi connectivity index (χ0) is 15.5. The molecule has 114 valence electrons. The van der Waals surface area contributed by atoms with E-state index in [0.29, 0.717) is 16.6 Å². The quantitative estimate of drug-likeness (QED) is 0.884. The van der Waals surface area contributed by atoms with Crippen LogP contribution in [0, 0.1) is 0 Å². The zero-order valence-corrected chi connectivity index (χ0v) is 13.7. The fourth-order valence-corrected chi connectivity index (χ4v) is 2.87. The Morgan fingerprint density at radius 3 is 2.50 bits per heavy atom. The van der Waals surface area contributed by atoms with Gasteiger partial charge in [0, 0.05) is 0 Å². The molecule has 5 heteroatoms. The van der Waals surface area contributed by atoms with Gasteiger partial charge in [-0.3, -0.25) is 0 Å². The number of rotatable bonds is 3. The van der Waals surface area contributed by atoms with Gasteiger partial charge in [-0.25, -0.2) is 4.99 Å². The Bertz CT molecular complexity index is 686. The highest BCUT2D eigenvalue weighted by Crippen LogP contribution is 2.23. The third-order valence-corrected chi connectivity index (χ3v) is 4.46. The summed E-state index contributed by atoms with van der Waals surface area (Å²) >= 11 is 11.9. The van der Waals surface area contributed by atoms with Crippen molar-refractivity contribution in [1.29, 1.82) is 0 Å². The molecule has 1 aliphatic heterocycles. The molecule has 0 amide bonds. The van der Waals surface area contributed by atoms with Crippen molar-refractivity contribution in [3.8, 4) is 0 Å². The topological polar surface area (TPSA) is 36.4 Å². The van der Waals surface area contributed by atoms with Crippen LogP contribution in [0.5, 0.6) is 0 Å². The summed E-state index contributed by atoms with van der Waals surface area (Å²) in [5, 5.41) is 7.93. The summed E-state index contributed by atoms with van der Waals surface area (Å²) in [6.45, 7) is 2.70. The molecule has 1 fully saturated rings. The van der Waals surface area contributed by atoms with E-state index >= 15 is 0 Å². The minimum Gasteiger partial charge on any atom is -0.352 e. The van der Waals surface area contributed by atoms with Crippen LogP contribution in [0.3, 0.4) is 0 Å². The van der Waals surface area contributed by atoms with Crippen molar-refractivity contribution in [2.75, 3.05) is 0 Å². The number of hydrogen-bond acceptors (Lipinski definition) is 1. The lowest BCUT2D eigenvalue weighted by molar-refractivity contribution is 0.568. The van der Waals surface area contributed by atoms with Gasteiger partial charge in [0.1, 0.15) is 0 Å². The number of halogens is 2. The van der Waals surface area contributed by atoms with Crippen molar-refractivity contribution in [1.82, 2.24) is 10.6 Å². The highest BCUT2D eigenvalue weighted by atomic mass is 35.5. The van der Waals surface area contributed by atoms with Crippen molar-refractivity contribution >= 4 is 29.2 Å². The number of guanidine groups is 1. The summed E-state index contributed by atoms with van der Waals surface area (Å²) in [5.41, 5.74) is 2.28. The van der Waals surface area contributed by atoms with Crippen LogP contribution in [0.15, 0.2) is 53.5 Å². The Balaban J connectivity index is 1.70. The normalized spacial score (nSPS) is 22.4. The number of nitrogens with zero attached hydrogens (tertiary/aromatic N) is 1. The van der Waals surface area contributed by atoms with E-state index in [-0.39, 0.29) is 12.1 Å². The van der Waals surface area contributed by atoms with Gasteiger partial charge in [-0.05, 0) is 30.2 Å². The molecule has 0 aromatic heterocycles. The standard InChI is InChI=1S/C17H17Cl2N3/c1-11-16(13-5-3-2-4-6-13)22-17(21-11)20-10-12-7-8-14(18)15(19)9-12/h2-9,11,16H,10H2,1H3,(H2,20,21,22)/t11-,16+/m0/s1. The van der Waals surface area contributed by atoms with Crippen molar-refractivity contribution in [2.24, 2.45) is 4.99 Å². The minimum absolute atomic E-state index is 0.230. The predicted molar refractivity (Wildman–Crippen MR) is 92.5 cm³/mol. The van der Waals surface area contributed by atoms with E-state index in [1.165, 1.54) is 5.56 Å². The Morgan fingerprint density at radius 2 is 1.77 bits per heavy atom. The maximum absolute atomic E-state index is 6.02. The summed E-state index contributed by atoms with van der Waals surface area (Å²) in [7, 11) is 0. The summed E-state index contributed by atoms with van der Waals surface area (Å²) in [5.74, 6) is 0.812. The largest absolute Gasteiger partial charge is 0.352 e. The minimum atomic E-state index is 0.230. The molecule has 0 spiro atoms. The fourth-order valence-electron chi connectivity index (χ4n) is 2.54. The predicted octanol–water partition coefficient (Wildman–Crippen LogP) is 4.17. The van der Waals surface area contributed by atoms with Gasteiger partial charge in [0.25, 0.3) is 0 Å². The summed E-state index contributed by atoms with van der Waals surface area (Å²) in [6.07, 6.45) is 0. The second kappa shape index (κ2) is 6.59. The van der Waals surface area contributed by atoms with Gasteiger partial charge in [0.2, 0.25) is 0 Å². The van der Waals surface area contributed by atoms with E-state index in [4.69, 9.17) is 23.2 Å². The molecule has 22 heavy (non-hydrogen) atoms. The highest BCUT2D eigenvalue weighted by molar-refractivity contribution is 6.42. The first-order valence-electron chi connectivity index (χ1n) is 7.20. The van der Waals surface area contributed by atoms with E-state index < -0.39 is 0 Å². The lowest BCUT2D eigenvalue weighted by atomic mass is 10.0. The zero-order valence-electron chi connectivity index (χ0n) is 12.2. The van der Waals surface area contributed by atoms with Gasteiger partial charge in [0.05, 0.1) is 28.7 Å². The van der Waals surface area contributed by atoms with Gasteiger partial charge in [-0.1, -0.05) is 59.6 Å². The lowest BCUT2D eigenvalue weighted by Gasteiger charge is -2.14. The Morgan fingerprint density at radius 1 is 1.00 bits per heavy atom. The van der Waals surface area contributed by atoms with Crippen molar-refractivity contribution < 1.29 is 0 Å². The molecular formula is C17H17Cl2N3. The first kappa shape index (κ1) is 15.2. The summed E-state index contributed by atoms with van der Waals surface area (Å²) in [6, 6.07) is 16.5. The summed E-state index contributed by atoms with van der Waals surface area (Å²) < 4.78 is 0. The van der Waals surface area contributed by atoms with Crippen molar-refractivity contribution in [2.45, 2.75) is 25.6 Å². The van der Waals surface area contributed by atoms with E-state index in [2.05, 4.69) is 46.8 Å². The molecule has 0 unspecified atom stereocenters. The molecule has 2 aromatic carbocycles. The van der Waals surface area contributed by atoms with Crippen LogP contribution in [-0.4, -0.2) is 12.0 Å². The number of benzene rings is 2. The number of aliphatic imine (C=N–C) groups is 1. The van der Waals surface area contributed by atoms with E-state index in [9.17, 15) is 0 Å². The van der Waals surface area contributed by atoms with E-state index in [0.717, 1.165) is 11.5 Å². The van der Waals surface area contributed by atoms with Crippen LogP contribution in [0.2, 0.25) is 10.0 Å². The second-order valence-electron chi connectivity index (χ2n) is 5.38. The van der Waals surface area contributed by atoms with Crippen LogP contribution in [0.25, 0.3) is 0 Å². The van der Waals surface area contributed by atoms with Crippen LogP contribution in [-0.2, 0) is 6.54 Å². The van der Waals surface area contributed by atoms with Crippen molar-refractivity contribution in [3.63, 3.8) is 0 Å². The molecule has 0 radical (unpaired) electrons. The number of hydrogen-bond donors (Lipinski definition) is 2. The molecule has 1 saturated heterocycles. The third kappa shape index (κ3) is 3.37. The molecule has 2 atom stereocenters. The molecule has 0 aliphatic carbocycles. The van der Waals surface area contributed by atoms with Gasteiger partial charge in [0.15, 0.2) is 5.96 Å². The average molecular weight is 334 g/mol. The monoisotopic (exact) mass is 333 g/mol. The van der Waals surface area contributed by atoms with Crippen molar-refractivity contribution in [3.05, 3.63) is 69.7 Å². The summed E-state index contributed by atoms with van der Waals surface area (Å²) in [4.78, 5) is 4.58. The van der Waals surface area contributed by atoms with E-state index in [1.807, 2.05) is 18.2 Å². The van der Waals surface area contributed by atoms with Gasteiger partial charge >= 0.3 is 0 Å². The smallest absolute Gasteiger partial charge is 0.192 e. The molecule has 2 aromatic rings. The Hall–Kier alpha value is -1.71. The fraction of sp³-hybridized carbons (Fsp3) is 0.235. The van der Waals surface area contributed by atoms with Crippen LogP contribution in [0.1, 0.15) is 24.1 Å². The molecule has 3 rings (SSSR count). The highest BCUT2D eigenvalue weighted by Gasteiger charge is 2.27. The van der Waals surface area contributed by atoms with Crippen LogP contribution in [0.4, 0.5) is 0 Å². The first-order valence-corrected chi connectivity index (χ1v) is 7.95. The Kier molecular flexibility index (Phi) is 4.55. The lowest BCUT2D eigenvalue weighted by Crippen LogP contribution is -2.26. The second-order valence-corrected chi connectivity index (χ2v) is 6.19. The Labute approximate surface area is 140 Å². The molecule has 0 bridgehead atoms. The SMILES string of the molecule is C[C@@H]1NC(=NCc2ccc(Cl)c(Cl)c2)N[C@H]1c1ccccc1. The molecular weight excluding hydrogens is 317 g/mol. The molecule has 1 aliphatic rings. The average Bonchev–Trinajstić information content (AvgIpc) is 2.90. The molecule has 0 saturated carbocycles. The molecule has 2 N–H and O–H groups in total. The van der Waals surface area contributed by atoms with Crippen LogP contribution >= 0.6 is 23.2 Å². The number of nitrogens with one attached hydrogen (secondary N) is 2. The maximum atomic E-state index is 6.02. The van der Waals surface area contributed by atoms with Gasteiger partial charge in [-0.15, -0.1) is 0 Å². The van der Waals surface area contributed by atoms with Crippen LogP contribution < -0.4 is 10.6 Å². The van der Waals surface area contributed by atoms with Gasteiger partial charge < -0.3 is 10.6 Å². The van der Waals surface area contributed by atoms with E-state index in [1.54, 1.807) is 6.07 Å². The molecule has 1 heterocycles. The third-order valence-electron chi connectivity index (χ3n) is 3.72.